The first-order valence-electron chi connectivity index (χ1n) is 11.3. The molecule has 5 fully saturated rings. The molecular formula is C24H30O8. The average Bonchev–Trinajstić information content (AvgIpc) is 2.79. The fourth-order valence-electron chi connectivity index (χ4n) is 8.41. The third-order valence-corrected chi connectivity index (χ3v) is 9.10. The van der Waals surface area contributed by atoms with Gasteiger partial charge in [-0.15, -0.1) is 0 Å². The van der Waals surface area contributed by atoms with E-state index in [2.05, 4.69) is 0 Å². The first-order valence-corrected chi connectivity index (χ1v) is 11.3. The number of allylic oxidation sites excluding steroid dienone is 2. The third kappa shape index (κ3) is 2.09. The van der Waals surface area contributed by atoms with Gasteiger partial charge in [-0.25, -0.2) is 0 Å². The predicted molar refractivity (Wildman–Crippen MR) is 109 cm³/mol. The molecule has 4 bridgehead atoms. The van der Waals surface area contributed by atoms with Gasteiger partial charge >= 0.3 is 0 Å². The number of rotatable bonds is 3. The van der Waals surface area contributed by atoms with E-state index in [4.69, 9.17) is 9.47 Å². The zero-order chi connectivity index (χ0) is 23.6. The van der Waals surface area contributed by atoms with Crippen LogP contribution >= 0.6 is 0 Å². The van der Waals surface area contributed by atoms with E-state index < -0.39 is 74.9 Å². The Morgan fingerprint density at radius 2 is 1.84 bits per heavy atom. The zero-order valence-electron chi connectivity index (χ0n) is 19.0. The fourth-order valence-corrected chi connectivity index (χ4v) is 8.41. The zero-order valence-corrected chi connectivity index (χ0v) is 19.0. The summed E-state index contributed by atoms with van der Waals surface area (Å²) in [7, 11) is 0. The molecule has 8 nitrogen and oxygen atoms in total. The number of aliphatic hydroxyl groups excluding tert-OH is 1. The van der Waals surface area contributed by atoms with Gasteiger partial charge in [-0.1, -0.05) is 26.8 Å². The van der Waals surface area contributed by atoms with Gasteiger partial charge in [0.2, 0.25) is 17.4 Å². The van der Waals surface area contributed by atoms with Gasteiger partial charge in [0.15, 0.2) is 17.9 Å². The molecule has 0 aromatic carbocycles. The molecule has 6 rings (SSSR count). The normalized spacial score (nSPS) is 48.9. The number of aliphatic hydroxyl groups is 2. The quantitative estimate of drug-likeness (QED) is 0.284. The Morgan fingerprint density at radius 3 is 2.44 bits per heavy atom. The number of hydrogen-bond donors (Lipinski definition) is 2. The van der Waals surface area contributed by atoms with Gasteiger partial charge in [0.25, 0.3) is 0 Å². The maximum atomic E-state index is 13.8. The van der Waals surface area contributed by atoms with Crippen molar-refractivity contribution in [3.63, 3.8) is 0 Å². The van der Waals surface area contributed by atoms with Crippen molar-refractivity contribution in [2.75, 3.05) is 6.61 Å². The summed E-state index contributed by atoms with van der Waals surface area (Å²) in [5, 5.41) is 22.6. The summed E-state index contributed by atoms with van der Waals surface area (Å²) in [6.45, 7) is 8.04. The number of ether oxygens (including phenoxy) is 2. The van der Waals surface area contributed by atoms with E-state index >= 15 is 0 Å². The molecule has 32 heavy (non-hydrogen) atoms. The standard InChI is InChI=1S/C24H30O8/c1-11-13-6-7-14-22-10-31-24(32-21(4,5)30,23(11,14)18(28)15(13)26)19(29)16(22)20(2,3)8-12(9-25)17(22)27/h8-9,11,13-14,16,19,29-30H,6-7,10H2,1-5H3/t11-,13-,14+,16-,19+,22+,23+,24+/m1/s1. The number of carbonyl (C=O) groups is 4. The van der Waals surface area contributed by atoms with E-state index in [1.54, 1.807) is 13.0 Å². The first kappa shape index (κ1) is 22.1. The molecule has 6 aliphatic rings. The number of aldehydes is 1. The molecule has 0 unspecified atom stereocenters. The molecule has 0 aromatic heterocycles. The van der Waals surface area contributed by atoms with E-state index in [9.17, 15) is 29.4 Å². The summed E-state index contributed by atoms with van der Waals surface area (Å²) in [5.74, 6) is -7.98. The Balaban J connectivity index is 1.87. The van der Waals surface area contributed by atoms with Gasteiger partial charge in [-0.05, 0) is 43.9 Å². The maximum Gasteiger partial charge on any atom is 0.211 e. The SMILES string of the molecule is C[C@@H]1[C@H]2CC[C@H]3[C@@]45CO[C@](OC(C)(C)O)([C@@H](O)[C@@H]4C(C)(C)C=C(C=O)C5=O)[C@@]13C(=O)C2=O. The Bertz CT molecular complexity index is 988. The molecule has 8 atom stereocenters. The van der Waals surface area contributed by atoms with Crippen LogP contribution in [0, 0.1) is 39.9 Å². The molecular weight excluding hydrogens is 416 g/mol. The van der Waals surface area contributed by atoms with Crippen molar-refractivity contribution in [1.29, 1.82) is 0 Å². The lowest BCUT2D eigenvalue weighted by atomic mass is 9.35. The van der Waals surface area contributed by atoms with E-state index in [0.29, 0.717) is 19.1 Å². The Kier molecular flexibility index (Phi) is 4.16. The minimum Gasteiger partial charge on any atom is -0.387 e. The second-order valence-corrected chi connectivity index (χ2v) is 11.4. The predicted octanol–water partition coefficient (Wildman–Crippen LogP) is 0.970. The first-order chi connectivity index (χ1) is 14.7. The number of carbonyl (C=O) groups excluding carboxylic acids is 4. The Labute approximate surface area is 186 Å². The van der Waals surface area contributed by atoms with E-state index in [0.717, 1.165) is 0 Å². The highest BCUT2D eigenvalue weighted by Gasteiger charge is 2.88. The molecule has 2 spiro atoms. The van der Waals surface area contributed by atoms with Crippen molar-refractivity contribution in [2.45, 2.75) is 65.1 Å². The van der Waals surface area contributed by atoms with Gasteiger partial charge in [0.1, 0.15) is 11.5 Å². The van der Waals surface area contributed by atoms with Crippen LogP contribution in [0.15, 0.2) is 11.6 Å². The van der Waals surface area contributed by atoms with Crippen LogP contribution in [-0.4, -0.2) is 58.1 Å². The lowest BCUT2D eigenvalue weighted by molar-refractivity contribution is -0.475. The fraction of sp³-hybridized carbons (Fsp3) is 0.750. The molecule has 0 radical (unpaired) electrons. The summed E-state index contributed by atoms with van der Waals surface area (Å²) in [6, 6.07) is 0. The van der Waals surface area contributed by atoms with Crippen LogP contribution in [-0.2, 0) is 28.7 Å². The van der Waals surface area contributed by atoms with E-state index in [1.807, 2.05) is 13.8 Å². The molecule has 0 aromatic rings. The van der Waals surface area contributed by atoms with E-state index in [-0.39, 0.29) is 12.2 Å². The summed E-state index contributed by atoms with van der Waals surface area (Å²) in [4.78, 5) is 52.5. The average molecular weight is 446 g/mol. The van der Waals surface area contributed by atoms with Crippen LogP contribution in [0.5, 0.6) is 0 Å². The molecule has 0 amide bonds. The molecule has 2 N–H and O–H groups in total. The van der Waals surface area contributed by atoms with Gasteiger partial charge in [0.05, 0.1) is 17.6 Å². The summed E-state index contributed by atoms with van der Waals surface area (Å²) in [6.07, 6.45) is 1.44. The Morgan fingerprint density at radius 1 is 1.19 bits per heavy atom. The molecule has 3 saturated carbocycles. The Hall–Kier alpha value is -1.74. The van der Waals surface area contributed by atoms with Crippen molar-refractivity contribution in [3.8, 4) is 0 Å². The smallest absolute Gasteiger partial charge is 0.211 e. The second-order valence-electron chi connectivity index (χ2n) is 11.4. The molecule has 2 aliphatic heterocycles. The van der Waals surface area contributed by atoms with Gasteiger partial charge in [0, 0.05) is 11.8 Å². The summed E-state index contributed by atoms with van der Waals surface area (Å²) >= 11 is 0. The third-order valence-electron chi connectivity index (χ3n) is 9.10. The van der Waals surface area contributed by atoms with Gasteiger partial charge in [-0.3, -0.25) is 19.2 Å². The summed E-state index contributed by atoms with van der Waals surface area (Å²) < 4.78 is 12.3. The van der Waals surface area contributed by atoms with Crippen molar-refractivity contribution in [1.82, 2.24) is 0 Å². The maximum absolute atomic E-state index is 13.8. The van der Waals surface area contributed by atoms with Crippen LogP contribution in [0.1, 0.15) is 47.5 Å². The van der Waals surface area contributed by atoms with Crippen molar-refractivity contribution >= 4 is 23.6 Å². The van der Waals surface area contributed by atoms with Crippen molar-refractivity contribution in [3.05, 3.63) is 11.6 Å². The van der Waals surface area contributed by atoms with Crippen LogP contribution < -0.4 is 0 Å². The lowest BCUT2D eigenvalue weighted by Crippen LogP contribution is -2.85. The minimum atomic E-state index is -1.99. The number of Topliss-reactive ketones (excluding diaryl/α,β-unsaturated/α-hetero) is 3. The van der Waals surface area contributed by atoms with Crippen LogP contribution in [0.3, 0.4) is 0 Å². The minimum absolute atomic E-state index is 0.00144. The molecule has 8 heteroatoms. The van der Waals surface area contributed by atoms with Crippen LogP contribution in [0.25, 0.3) is 0 Å². The second kappa shape index (κ2) is 6.03. The van der Waals surface area contributed by atoms with E-state index in [1.165, 1.54) is 13.8 Å². The molecule has 174 valence electrons. The largest absolute Gasteiger partial charge is 0.387 e. The summed E-state index contributed by atoms with van der Waals surface area (Å²) in [5.41, 5.74) is -3.78. The highest BCUT2D eigenvalue weighted by molar-refractivity contribution is 6.43. The topological polar surface area (TPSA) is 127 Å². The number of hydrogen-bond acceptors (Lipinski definition) is 8. The monoisotopic (exact) mass is 446 g/mol. The molecule has 4 aliphatic carbocycles. The van der Waals surface area contributed by atoms with Crippen molar-refractivity contribution in [2.24, 2.45) is 39.9 Å². The van der Waals surface area contributed by atoms with Crippen LogP contribution in [0.4, 0.5) is 0 Å². The van der Waals surface area contributed by atoms with Crippen LogP contribution in [0.2, 0.25) is 0 Å². The highest BCUT2D eigenvalue weighted by Crippen LogP contribution is 2.77. The molecule has 2 saturated heterocycles. The van der Waals surface area contributed by atoms with Gasteiger partial charge < -0.3 is 19.7 Å². The van der Waals surface area contributed by atoms with Crippen molar-refractivity contribution < 1.29 is 38.9 Å². The lowest BCUT2D eigenvalue weighted by Gasteiger charge is -2.74. The highest BCUT2D eigenvalue weighted by atomic mass is 16.8. The van der Waals surface area contributed by atoms with Gasteiger partial charge in [-0.2, -0.15) is 0 Å². The molecule has 2 heterocycles. The number of ketones is 3. The number of fused-ring (bicyclic) bond motifs is 2.